The van der Waals surface area contributed by atoms with Gasteiger partial charge in [0, 0.05) is 10.9 Å². The zero-order chi connectivity index (χ0) is 22.4. The van der Waals surface area contributed by atoms with Crippen molar-refractivity contribution in [1.82, 2.24) is 9.55 Å². The highest BCUT2D eigenvalue weighted by molar-refractivity contribution is 5.92. The molecule has 0 aliphatic heterocycles. The zero-order valence-electron chi connectivity index (χ0n) is 19.0. The fourth-order valence-corrected chi connectivity index (χ4v) is 5.06. The van der Waals surface area contributed by atoms with Gasteiger partial charge in [0.05, 0.1) is 16.9 Å². The first-order valence-electron chi connectivity index (χ1n) is 11.6. The number of hydrogen-bond acceptors (Lipinski definition) is 1. The van der Waals surface area contributed by atoms with Crippen LogP contribution < -0.4 is 0 Å². The van der Waals surface area contributed by atoms with Crippen molar-refractivity contribution in [3.63, 3.8) is 0 Å². The summed E-state index contributed by atoms with van der Waals surface area (Å²) in [6.07, 6.45) is 5.66. The van der Waals surface area contributed by atoms with Crippen molar-refractivity contribution >= 4 is 17.0 Å². The van der Waals surface area contributed by atoms with E-state index in [1.54, 1.807) is 0 Å². The minimum absolute atomic E-state index is 0.487. The molecule has 6 rings (SSSR count). The molecule has 3 aromatic carbocycles. The van der Waals surface area contributed by atoms with Crippen LogP contribution >= 0.6 is 0 Å². The standard InChI is InChI=1S/C31H26N2/c1-21-16-17-28-26(18-21)31-22(2)10-9-15-29(31)33(28)30-20-25(23-11-5-3-6-12-23)19-27(32-30)24-13-7-4-8-14-24/h3-9,11-20,22H,10H2,1-2H3. The third-order valence-electron chi connectivity index (χ3n) is 6.68. The minimum atomic E-state index is 0.487. The molecule has 1 atom stereocenters. The van der Waals surface area contributed by atoms with E-state index in [4.69, 9.17) is 4.98 Å². The number of aryl methyl sites for hydroxylation is 1. The van der Waals surface area contributed by atoms with Crippen LogP contribution in [-0.4, -0.2) is 9.55 Å². The van der Waals surface area contributed by atoms with E-state index in [2.05, 4.69) is 122 Å². The SMILES string of the molecule is Cc1ccc2c(c1)c1c(n2-c2cc(-c3ccccc3)cc(-c3ccccc3)n2)C=CCC1C. The maximum atomic E-state index is 5.21. The third-order valence-corrected chi connectivity index (χ3v) is 6.68. The van der Waals surface area contributed by atoms with Gasteiger partial charge < -0.3 is 0 Å². The summed E-state index contributed by atoms with van der Waals surface area (Å²) >= 11 is 0. The smallest absolute Gasteiger partial charge is 0.138 e. The van der Waals surface area contributed by atoms with Crippen molar-refractivity contribution in [3.05, 3.63) is 114 Å². The number of hydrogen-bond donors (Lipinski definition) is 0. The van der Waals surface area contributed by atoms with Gasteiger partial charge in [0.15, 0.2) is 0 Å². The Morgan fingerprint density at radius 3 is 2.27 bits per heavy atom. The van der Waals surface area contributed by atoms with Crippen molar-refractivity contribution in [2.24, 2.45) is 0 Å². The number of pyridine rings is 1. The van der Waals surface area contributed by atoms with Gasteiger partial charge in [-0.25, -0.2) is 4.98 Å². The number of fused-ring (bicyclic) bond motifs is 3. The highest BCUT2D eigenvalue weighted by atomic mass is 15.1. The van der Waals surface area contributed by atoms with Gasteiger partial charge in [0.2, 0.25) is 0 Å². The van der Waals surface area contributed by atoms with E-state index in [1.807, 2.05) is 0 Å². The van der Waals surface area contributed by atoms with Crippen LogP contribution in [0, 0.1) is 6.92 Å². The number of rotatable bonds is 3. The van der Waals surface area contributed by atoms with Crippen LogP contribution in [0.2, 0.25) is 0 Å². The molecule has 2 heteroatoms. The maximum Gasteiger partial charge on any atom is 0.138 e. The van der Waals surface area contributed by atoms with Crippen LogP contribution in [0.1, 0.15) is 36.1 Å². The maximum absolute atomic E-state index is 5.21. The van der Waals surface area contributed by atoms with Crippen LogP contribution in [0.15, 0.2) is 97.1 Å². The lowest BCUT2D eigenvalue weighted by Gasteiger charge is -2.17. The molecule has 0 saturated heterocycles. The summed E-state index contributed by atoms with van der Waals surface area (Å²) in [5.74, 6) is 1.45. The molecule has 0 spiro atoms. The molecular weight excluding hydrogens is 400 g/mol. The highest BCUT2D eigenvalue weighted by Crippen LogP contribution is 2.40. The fraction of sp³-hybridized carbons (Fsp3) is 0.129. The third kappa shape index (κ3) is 3.39. The first-order chi connectivity index (χ1) is 16.2. The summed E-state index contributed by atoms with van der Waals surface area (Å²) < 4.78 is 2.36. The number of nitrogens with zero attached hydrogens (tertiary/aromatic N) is 2. The molecule has 2 nitrogen and oxygen atoms in total. The van der Waals surface area contributed by atoms with Gasteiger partial charge in [-0.3, -0.25) is 4.57 Å². The molecule has 0 bridgehead atoms. The molecule has 33 heavy (non-hydrogen) atoms. The number of aromatic nitrogens is 2. The van der Waals surface area contributed by atoms with Gasteiger partial charge in [-0.05, 0) is 66.3 Å². The monoisotopic (exact) mass is 426 g/mol. The molecule has 1 aliphatic carbocycles. The molecule has 0 radical (unpaired) electrons. The molecule has 1 unspecified atom stereocenters. The summed E-state index contributed by atoms with van der Waals surface area (Å²) in [6.45, 7) is 4.51. The average molecular weight is 427 g/mol. The summed E-state index contributed by atoms with van der Waals surface area (Å²) in [7, 11) is 0. The van der Waals surface area contributed by atoms with Crippen molar-refractivity contribution in [3.8, 4) is 28.2 Å². The van der Waals surface area contributed by atoms with Crippen LogP contribution in [-0.2, 0) is 0 Å². The van der Waals surface area contributed by atoms with Crippen LogP contribution in [0.3, 0.4) is 0 Å². The van der Waals surface area contributed by atoms with Crippen LogP contribution in [0.25, 0.3) is 45.2 Å². The lowest BCUT2D eigenvalue weighted by Crippen LogP contribution is -2.05. The van der Waals surface area contributed by atoms with Crippen molar-refractivity contribution in [1.29, 1.82) is 0 Å². The fourth-order valence-electron chi connectivity index (χ4n) is 5.06. The Balaban J connectivity index is 1.67. The molecule has 0 N–H and O–H groups in total. The van der Waals surface area contributed by atoms with E-state index in [9.17, 15) is 0 Å². The van der Waals surface area contributed by atoms with Crippen LogP contribution in [0.4, 0.5) is 0 Å². The summed E-state index contributed by atoms with van der Waals surface area (Å²) in [6, 6.07) is 32.3. The van der Waals surface area contributed by atoms with Crippen molar-refractivity contribution in [2.45, 2.75) is 26.2 Å². The van der Waals surface area contributed by atoms with Crippen molar-refractivity contribution < 1.29 is 0 Å². The molecule has 2 heterocycles. The van der Waals surface area contributed by atoms with Gasteiger partial charge in [-0.2, -0.15) is 0 Å². The second kappa shape index (κ2) is 7.90. The average Bonchev–Trinajstić information content (AvgIpc) is 3.19. The second-order valence-corrected chi connectivity index (χ2v) is 9.03. The second-order valence-electron chi connectivity index (χ2n) is 9.03. The molecular formula is C31H26N2. The minimum Gasteiger partial charge on any atom is -0.294 e. The van der Waals surface area contributed by atoms with Gasteiger partial charge in [0.1, 0.15) is 5.82 Å². The Bertz CT molecular complexity index is 1430. The lowest BCUT2D eigenvalue weighted by molar-refractivity contribution is 0.771. The molecule has 0 fully saturated rings. The van der Waals surface area contributed by atoms with E-state index in [-0.39, 0.29) is 0 Å². The lowest BCUT2D eigenvalue weighted by atomic mass is 9.90. The van der Waals surface area contributed by atoms with Gasteiger partial charge in [-0.1, -0.05) is 85.3 Å². The Morgan fingerprint density at radius 2 is 1.52 bits per heavy atom. The molecule has 0 amide bonds. The van der Waals surface area contributed by atoms with E-state index in [1.165, 1.54) is 38.9 Å². The predicted molar refractivity (Wildman–Crippen MR) is 139 cm³/mol. The van der Waals surface area contributed by atoms with E-state index < -0.39 is 0 Å². The van der Waals surface area contributed by atoms with Crippen molar-refractivity contribution in [2.75, 3.05) is 0 Å². The number of allylic oxidation sites excluding steroid dienone is 1. The predicted octanol–water partition coefficient (Wildman–Crippen LogP) is 8.19. The quantitative estimate of drug-likeness (QED) is 0.284. The highest BCUT2D eigenvalue weighted by Gasteiger charge is 2.24. The van der Waals surface area contributed by atoms with E-state index in [0.717, 1.165) is 23.5 Å². The first-order valence-corrected chi connectivity index (χ1v) is 11.6. The molecule has 1 aliphatic rings. The normalized spacial score (nSPS) is 15.0. The summed E-state index contributed by atoms with van der Waals surface area (Å²) in [4.78, 5) is 5.21. The van der Waals surface area contributed by atoms with E-state index in [0.29, 0.717) is 5.92 Å². The molecule has 2 aromatic heterocycles. The number of benzene rings is 3. The topological polar surface area (TPSA) is 17.8 Å². The Kier molecular flexibility index (Phi) is 4.73. The Hall–Kier alpha value is -3.91. The first kappa shape index (κ1) is 19.8. The summed E-state index contributed by atoms with van der Waals surface area (Å²) in [5.41, 5.74) is 9.69. The summed E-state index contributed by atoms with van der Waals surface area (Å²) in [5, 5.41) is 1.34. The Morgan fingerprint density at radius 1 is 0.788 bits per heavy atom. The van der Waals surface area contributed by atoms with E-state index >= 15 is 0 Å². The molecule has 5 aromatic rings. The zero-order valence-corrected chi connectivity index (χ0v) is 19.0. The van der Waals surface area contributed by atoms with Gasteiger partial charge in [0.25, 0.3) is 0 Å². The molecule has 160 valence electrons. The van der Waals surface area contributed by atoms with Crippen LogP contribution in [0.5, 0.6) is 0 Å². The molecule has 0 saturated carbocycles. The largest absolute Gasteiger partial charge is 0.294 e. The van der Waals surface area contributed by atoms with Gasteiger partial charge >= 0.3 is 0 Å². The Labute approximate surface area is 194 Å². The van der Waals surface area contributed by atoms with Gasteiger partial charge in [-0.15, -0.1) is 0 Å².